The van der Waals surface area contributed by atoms with Gasteiger partial charge >= 0.3 is 0 Å². The van der Waals surface area contributed by atoms with Gasteiger partial charge in [0.1, 0.15) is 12.4 Å². The first kappa shape index (κ1) is 14.4. The molecule has 1 atom stereocenters. The summed E-state index contributed by atoms with van der Waals surface area (Å²) in [4.78, 5) is 0. The number of hydrogen-bond acceptors (Lipinski definition) is 4. The van der Waals surface area contributed by atoms with Gasteiger partial charge in [-0.3, -0.25) is 0 Å². The van der Waals surface area contributed by atoms with Crippen LogP contribution in [0.3, 0.4) is 0 Å². The van der Waals surface area contributed by atoms with Crippen molar-refractivity contribution in [3.8, 4) is 5.75 Å². The molecule has 1 aromatic carbocycles. The summed E-state index contributed by atoms with van der Waals surface area (Å²) in [5, 5.41) is 8.54. The van der Waals surface area contributed by atoms with Crippen LogP contribution in [-0.2, 0) is 4.74 Å². The van der Waals surface area contributed by atoms with Crippen molar-refractivity contribution < 1.29 is 14.6 Å². The first-order valence-electron chi connectivity index (χ1n) is 5.51. The minimum Gasteiger partial charge on any atom is -0.491 e. The Balaban J connectivity index is 2.52. The highest BCUT2D eigenvalue weighted by atomic mass is 79.9. The van der Waals surface area contributed by atoms with Crippen LogP contribution in [0.4, 0.5) is 0 Å². The summed E-state index contributed by atoms with van der Waals surface area (Å²) in [7, 11) is 0. The maximum atomic E-state index is 8.54. The Hall–Kier alpha value is -0.620. The predicted molar refractivity (Wildman–Crippen MR) is 70.1 cm³/mol. The topological polar surface area (TPSA) is 64.7 Å². The molecule has 1 rings (SSSR count). The van der Waals surface area contributed by atoms with Gasteiger partial charge in [0.2, 0.25) is 0 Å². The summed E-state index contributed by atoms with van der Waals surface area (Å²) in [6, 6.07) is 5.67. The van der Waals surface area contributed by atoms with Crippen LogP contribution >= 0.6 is 15.9 Å². The number of rotatable bonds is 7. The highest BCUT2D eigenvalue weighted by Gasteiger charge is 2.08. The van der Waals surface area contributed by atoms with Gasteiger partial charge in [0.25, 0.3) is 0 Å². The van der Waals surface area contributed by atoms with Crippen molar-refractivity contribution in [2.45, 2.75) is 13.0 Å². The summed E-state index contributed by atoms with van der Waals surface area (Å²) in [5.74, 6) is 0.774. The summed E-state index contributed by atoms with van der Waals surface area (Å²) in [6.07, 6.45) is 0. The number of halogens is 1. The number of nitrogens with two attached hydrogens (primary N) is 1. The highest BCUT2D eigenvalue weighted by molar-refractivity contribution is 9.10. The van der Waals surface area contributed by atoms with E-state index >= 15 is 0 Å². The molecule has 0 heterocycles. The van der Waals surface area contributed by atoms with Crippen molar-refractivity contribution in [2.24, 2.45) is 5.73 Å². The predicted octanol–water partition coefficient (Wildman–Crippen LogP) is 1.86. The van der Waals surface area contributed by atoms with Gasteiger partial charge < -0.3 is 20.3 Å². The maximum Gasteiger partial charge on any atom is 0.124 e. The van der Waals surface area contributed by atoms with Crippen LogP contribution in [0.25, 0.3) is 0 Å². The molecule has 5 heteroatoms. The number of aliphatic hydroxyl groups excluding tert-OH is 1. The molecule has 0 saturated carbocycles. The average molecular weight is 304 g/mol. The fourth-order valence-corrected chi connectivity index (χ4v) is 1.76. The molecule has 0 saturated heterocycles. The molecule has 0 unspecified atom stereocenters. The molecule has 1 aromatic rings. The molecule has 0 aliphatic carbocycles. The van der Waals surface area contributed by atoms with E-state index in [0.29, 0.717) is 19.8 Å². The zero-order valence-electron chi connectivity index (χ0n) is 9.86. The lowest BCUT2D eigenvalue weighted by Crippen LogP contribution is -2.12. The van der Waals surface area contributed by atoms with Crippen LogP contribution in [0, 0.1) is 0 Å². The summed E-state index contributed by atoms with van der Waals surface area (Å²) in [5.41, 5.74) is 6.83. The van der Waals surface area contributed by atoms with Gasteiger partial charge in [0, 0.05) is 16.1 Å². The second-order valence-electron chi connectivity index (χ2n) is 3.66. The van der Waals surface area contributed by atoms with E-state index in [1.807, 2.05) is 25.1 Å². The van der Waals surface area contributed by atoms with Crippen molar-refractivity contribution in [1.82, 2.24) is 0 Å². The van der Waals surface area contributed by atoms with Gasteiger partial charge in [-0.05, 0) is 25.1 Å². The smallest absolute Gasteiger partial charge is 0.124 e. The second kappa shape index (κ2) is 7.66. The minimum absolute atomic E-state index is 0.0311. The molecule has 17 heavy (non-hydrogen) atoms. The van der Waals surface area contributed by atoms with Crippen LogP contribution in [0.1, 0.15) is 18.5 Å². The fraction of sp³-hybridized carbons (Fsp3) is 0.500. The van der Waals surface area contributed by atoms with E-state index in [-0.39, 0.29) is 12.6 Å². The lowest BCUT2D eigenvalue weighted by molar-refractivity contribution is 0.0702. The zero-order valence-corrected chi connectivity index (χ0v) is 11.4. The molecule has 4 nitrogen and oxygen atoms in total. The molecular weight excluding hydrogens is 286 g/mol. The average Bonchev–Trinajstić information content (AvgIpc) is 2.30. The zero-order chi connectivity index (χ0) is 12.7. The lowest BCUT2D eigenvalue weighted by Gasteiger charge is -2.14. The molecule has 0 aromatic heterocycles. The highest BCUT2D eigenvalue weighted by Crippen LogP contribution is 2.27. The summed E-state index contributed by atoms with van der Waals surface area (Å²) < 4.78 is 11.7. The van der Waals surface area contributed by atoms with Crippen LogP contribution in [0.5, 0.6) is 5.75 Å². The summed E-state index contributed by atoms with van der Waals surface area (Å²) in [6.45, 7) is 3.18. The number of hydrogen-bond donors (Lipinski definition) is 2. The quantitative estimate of drug-likeness (QED) is 0.755. The van der Waals surface area contributed by atoms with E-state index < -0.39 is 0 Å². The SMILES string of the molecule is C[C@H](N)c1cc(Br)ccc1OCCOCCO. The largest absolute Gasteiger partial charge is 0.491 e. The van der Waals surface area contributed by atoms with Gasteiger partial charge in [0.15, 0.2) is 0 Å². The second-order valence-corrected chi connectivity index (χ2v) is 4.57. The van der Waals surface area contributed by atoms with E-state index in [9.17, 15) is 0 Å². The monoisotopic (exact) mass is 303 g/mol. The van der Waals surface area contributed by atoms with Crippen molar-refractivity contribution in [3.63, 3.8) is 0 Å². The van der Waals surface area contributed by atoms with Gasteiger partial charge in [-0.25, -0.2) is 0 Å². The minimum atomic E-state index is -0.0825. The van der Waals surface area contributed by atoms with Crippen LogP contribution < -0.4 is 10.5 Å². The van der Waals surface area contributed by atoms with Crippen LogP contribution in [0.15, 0.2) is 22.7 Å². The molecular formula is C12H18BrNO3. The Labute approximate surface area is 110 Å². The molecule has 3 N–H and O–H groups in total. The number of aliphatic hydroxyl groups is 1. The third kappa shape index (κ3) is 5.04. The molecule has 0 bridgehead atoms. The van der Waals surface area contributed by atoms with Gasteiger partial charge in [-0.2, -0.15) is 0 Å². The van der Waals surface area contributed by atoms with E-state index in [4.69, 9.17) is 20.3 Å². The molecule has 0 amide bonds. The molecule has 0 fully saturated rings. The van der Waals surface area contributed by atoms with E-state index in [1.165, 1.54) is 0 Å². The van der Waals surface area contributed by atoms with E-state index in [2.05, 4.69) is 15.9 Å². The summed E-state index contributed by atoms with van der Waals surface area (Å²) >= 11 is 3.40. The molecule has 0 spiro atoms. The Morgan fingerprint density at radius 3 is 2.76 bits per heavy atom. The molecule has 0 radical (unpaired) electrons. The standard InChI is InChI=1S/C12H18BrNO3/c1-9(14)11-8-10(13)2-3-12(11)17-7-6-16-5-4-15/h2-3,8-9,15H,4-7,14H2,1H3/t9-/m0/s1. The maximum absolute atomic E-state index is 8.54. The molecule has 0 aliphatic heterocycles. The van der Waals surface area contributed by atoms with Crippen molar-refractivity contribution in [1.29, 1.82) is 0 Å². The van der Waals surface area contributed by atoms with Gasteiger partial charge in [0.05, 0.1) is 19.8 Å². The normalized spacial score (nSPS) is 12.5. The van der Waals surface area contributed by atoms with Gasteiger partial charge in [-0.1, -0.05) is 15.9 Å². The van der Waals surface area contributed by atoms with Crippen LogP contribution in [0.2, 0.25) is 0 Å². The fourth-order valence-electron chi connectivity index (χ4n) is 1.38. The van der Waals surface area contributed by atoms with Gasteiger partial charge in [-0.15, -0.1) is 0 Å². The Morgan fingerprint density at radius 2 is 2.12 bits per heavy atom. The number of benzene rings is 1. The Kier molecular flexibility index (Phi) is 6.50. The third-order valence-electron chi connectivity index (χ3n) is 2.18. The Bertz CT molecular complexity index is 345. The van der Waals surface area contributed by atoms with E-state index in [0.717, 1.165) is 15.8 Å². The van der Waals surface area contributed by atoms with Crippen molar-refractivity contribution >= 4 is 15.9 Å². The lowest BCUT2D eigenvalue weighted by atomic mass is 10.1. The van der Waals surface area contributed by atoms with Crippen molar-refractivity contribution in [2.75, 3.05) is 26.4 Å². The first-order chi connectivity index (χ1) is 8.15. The number of ether oxygens (including phenoxy) is 2. The molecule has 0 aliphatic rings. The molecule has 96 valence electrons. The first-order valence-corrected chi connectivity index (χ1v) is 6.31. The Morgan fingerprint density at radius 1 is 1.35 bits per heavy atom. The van der Waals surface area contributed by atoms with E-state index in [1.54, 1.807) is 0 Å². The van der Waals surface area contributed by atoms with Crippen LogP contribution in [-0.4, -0.2) is 31.5 Å². The third-order valence-corrected chi connectivity index (χ3v) is 2.68. The van der Waals surface area contributed by atoms with Crippen molar-refractivity contribution in [3.05, 3.63) is 28.2 Å².